The summed E-state index contributed by atoms with van der Waals surface area (Å²) in [4.78, 5) is 2.57. The van der Waals surface area contributed by atoms with Crippen molar-refractivity contribution < 1.29 is 24.0 Å². The molecule has 0 unspecified atom stereocenters. The molecule has 1 rings (SSSR count). The zero-order valence-electron chi connectivity index (χ0n) is 9.42. The molecule has 0 aromatic carbocycles. The van der Waals surface area contributed by atoms with Crippen molar-refractivity contribution in [2.45, 2.75) is 32.6 Å². The van der Waals surface area contributed by atoms with Crippen LogP contribution in [0, 0.1) is 6.42 Å². The summed E-state index contributed by atoms with van der Waals surface area (Å²) in [5, 5.41) is 7.00. The molecular weight excluding hydrogens is 157 g/mol. The van der Waals surface area contributed by atoms with E-state index >= 15 is 0 Å². The molecule has 1 fully saturated rings. The van der Waals surface area contributed by atoms with E-state index in [4.69, 9.17) is 5.11 Å². The minimum atomic E-state index is 0. The quantitative estimate of drug-likeness (QED) is 0.430. The first-order valence-corrected chi connectivity index (χ1v) is 4.92. The smallest absolute Gasteiger partial charge is 0.400 e. The molecular formula is C10H22LiNO. The van der Waals surface area contributed by atoms with Gasteiger partial charge in [-0.1, -0.05) is 13.3 Å². The van der Waals surface area contributed by atoms with Crippen LogP contribution in [0.25, 0.3) is 0 Å². The van der Waals surface area contributed by atoms with Crippen molar-refractivity contribution >= 4 is 0 Å². The van der Waals surface area contributed by atoms with Gasteiger partial charge >= 0.3 is 18.9 Å². The minimum Gasteiger partial charge on any atom is -0.400 e. The summed E-state index contributed by atoms with van der Waals surface area (Å²) in [7, 11) is 1.00. The predicted octanol–water partition coefficient (Wildman–Crippen LogP) is -1.30. The van der Waals surface area contributed by atoms with Crippen LogP contribution in [0.15, 0.2) is 0 Å². The van der Waals surface area contributed by atoms with Crippen LogP contribution in [0.2, 0.25) is 0 Å². The van der Waals surface area contributed by atoms with Gasteiger partial charge in [0.25, 0.3) is 0 Å². The summed E-state index contributed by atoms with van der Waals surface area (Å²) in [6.45, 7) is 6.19. The molecule has 0 spiro atoms. The van der Waals surface area contributed by atoms with Crippen molar-refractivity contribution in [3.8, 4) is 0 Å². The van der Waals surface area contributed by atoms with E-state index in [1.807, 2.05) is 0 Å². The first-order chi connectivity index (χ1) is 5.93. The minimum absolute atomic E-state index is 0. The fourth-order valence-corrected chi connectivity index (χ4v) is 1.41. The van der Waals surface area contributed by atoms with E-state index in [2.05, 4.69) is 18.2 Å². The zero-order valence-corrected chi connectivity index (χ0v) is 9.42. The summed E-state index contributed by atoms with van der Waals surface area (Å²) in [6, 6.07) is 0. The summed E-state index contributed by atoms with van der Waals surface area (Å²) >= 11 is 0. The second-order valence-electron chi connectivity index (χ2n) is 3.06. The molecule has 0 saturated carbocycles. The van der Waals surface area contributed by atoms with Crippen molar-refractivity contribution in [3.05, 3.63) is 6.42 Å². The average Bonchev–Trinajstić information content (AvgIpc) is 2.19. The van der Waals surface area contributed by atoms with Crippen molar-refractivity contribution in [3.63, 3.8) is 0 Å². The maximum Gasteiger partial charge on any atom is 1.00 e. The number of hydrogen-bond acceptors (Lipinski definition) is 2. The Morgan fingerprint density at radius 3 is 2.23 bits per heavy atom. The molecule has 1 aliphatic heterocycles. The van der Waals surface area contributed by atoms with E-state index in [0.29, 0.717) is 0 Å². The van der Waals surface area contributed by atoms with Gasteiger partial charge in [0, 0.05) is 7.11 Å². The topological polar surface area (TPSA) is 23.5 Å². The van der Waals surface area contributed by atoms with Crippen LogP contribution in [0.3, 0.4) is 0 Å². The van der Waals surface area contributed by atoms with Crippen LogP contribution in [0.5, 0.6) is 0 Å². The molecule has 0 bridgehead atoms. The van der Waals surface area contributed by atoms with E-state index < -0.39 is 0 Å². The van der Waals surface area contributed by atoms with Gasteiger partial charge in [0.15, 0.2) is 0 Å². The molecule has 0 atom stereocenters. The Balaban J connectivity index is 0. The molecule has 13 heavy (non-hydrogen) atoms. The third kappa shape index (κ3) is 8.84. The molecule has 0 aromatic rings. The van der Waals surface area contributed by atoms with Gasteiger partial charge in [0.2, 0.25) is 0 Å². The van der Waals surface area contributed by atoms with Crippen LogP contribution in [0.4, 0.5) is 0 Å². The standard InChI is InChI=1S/C9H18N.CH4O.Li/c1-2-3-7-10-8-5-4-6-9-10;1-2;/h4H,2-3,5-9H2,1H3;2H,1H3;/q-1;;+1. The van der Waals surface area contributed by atoms with Crippen LogP contribution in [0.1, 0.15) is 32.6 Å². The Morgan fingerprint density at radius 2 is 1.77 bits per heavy atom. The van der Waals surface area contributed by atoms with Crippen molar-refractivity contribution in [1.29, 1.82) is 0 Å². The van der Waals surface area contributed by atoms with Crippen molar-refractivity contribution in [1.82, 2.24) is 4.90 Å². The number of aliphatic hydroxyl groups is 1. The van der Waals surface area contributed by atoms with Crippen LogP contribution >= 0.6 is 0 Å². The van der Waals surface area contributed by atoms with Gasteiger partial charge in [-0.3, -0.25) is 0 Å². The third-order valence-electron chi connectivity index (χ3n) is 2.13. The number of rotatable bonds is 3. The number of unbranched alkanes of at least 4 members (excludes halogenated alkanes) is 1. The maximum absolute atomic E-state index is 7.00. The molecule has 1 heterocycles. The van der Waals surface area contributed by atoms with Gasteiger partial charge in [-0.25, -0.2) is 0 Å². The van der Waals surface area contributed by atoms with Gasteiger partial charge in [-0.05, 0) is 26.1 Å². The van der Waals surface area contributed by atoms with Crippen LogP contribution in [-0.2, 0) is 0 Å². The normalized spacial score (nSPS) is 16.8. The summed E-state index contributed by atoms with van der Waals surface area (Å²) in [6.07, 6.45) is 7.73. The molecule has 0 aromatic heterocycles. The maximum atomic E-state index is 7.00. The SMILES string of the molecule is CCCCN1CC[CH-]CC1.CO.[Li+]. The molecule has 0 radical (unpaired) electrons. The molecule has 3 heteroatoms. The summed E-state index contributed by atoms with van der Waals surface area (Å²) in [5.41, 5.74) is 0. The van der Waals surface area contributed by atoms with Gasteiger partial charge < -0.3 is 16.4 Å². The fraction of sp³-hybridized carbons (Fsp3) is 0.900. The number of likely N-dealkylation sites (tertiary alicyclic amines) is 1. The van der Waals surface area contributed by atoms with Gasteiger partial charge in [-0.2, -0.15) is 12.8 Å². The van der Waals surface area contributed by atoms with Gasteiger partial charge in [-0.15, -0.1) is 0 Å². The van der Waals surface area contributed by atoms with Crippen LogP contribution in [-0.4, -0.2) is 36.8 Å². The zero-order chi connectivity index (χ0) is 9.23. The molecule has 1 N–H and O–H groups in total. The van der Waals surface area contributed by atoms with Crippen molar-refractivity contribution in [2.24, 2.45) is 0 Å². The van der Waals surface area contributed by atoms with Crippen molar-refractivity contribution in [2.75, 3.05) is 26.7 Å². The van der Waals surface area contributed by atoms with Gasteiger partial charge in [0.1, 0.15) is 0 Å². The molecule has 74 valence electrons. The summed E-state index contributed by atoms with van der Waals surface area (Å²) < 4.78 is 0. The Bertz CT molecular complexity index is 85.0. The number of aliphatic hydroxyl groups excluding tert-OH is 1. The number of piperidine rings is 1. The Hall–Kier alpha value is 0.517. The van der Waals surface area contributed by atoms with Crippen LogP contribution < -0.4 is 18.9 Å². The van der Waals surface area contributed by atoms with E-state index in [1.54, 1.807) is 0 Å². The van der Waals surface area contributed by atoms with E-state index in [0.717, 1.165) is 7.11 Å². The largest absolute Gasteiger partial charge is 1.00 e. The van der Waals surface area contributed by atoms with E-state index in [1.165, 1.54) is 45.3 Å². The second kappa shape index (κ2) is 12.5. The number of hydrogen-bond donors (Lipinski definition) is 1. The average molecular weight is 179 g/mol. The first kappa shape index (κ1) is 16.0. The first-order valence-electron chi connectivity index (χ1n) is 4.92. The molecule has 2 nitrogen and oxygen atoms in total. The molecule has 0 aliphatic carbocycles. The number of nitrogens with zero attached hydrogens (tertiary/aromatic N) is 1. The second-order valence-corrected chi connectivity index (χ2v) is 3.06. The fourth-order valence-electron chi connectivity index (χ4n) is 1.41. The monoisotopic (exact) mass is 179 g/mol. The Kier molecular flexibility index (Phi) is 15.4. The molecule has 1 aliphatic rings. The third-order valence-corrected chi connectivity index (χ3v) is 2.13. The Labute approximate surface area is 94.9 Å². The van der Waals surface area contributed by atoms with E-state index in [-0.39, 0.29) is 18.9 Å². The molecule has 1 saturated heterocycles. The van der Waals surface area contributed by atoms with E-state index in [9.17, 15) is 0 Å². The summed E-state index contributed by atoms with van der Waals surface area (Å²) in [5.74, 6) is 0. The predicted molar refractivity (Wildman–Crippen MR) is 53.0 cm³/mol. The Morgan fingerprint density at radius 1 is 1.23 bits per heavy atom. The van der Waals surface area contributed by atoms with Gasteiger partial charge in [0.05, 0.1) is 0 Å². The molecule has 0 amide bonds.